The van der Waals surface area contributed by atoms with Crippen LogP contribution in [0.4, 0.5) is 5.69 Å². The molecule has 0 aliphatic carbocycles. The molecule has 6 atom stereocenters. The van der Waals surface area contributed by atoms with Gasteiger partial charge in [-0.1, -0.05) is 24.3 Å². The topological polar surface area (TPSA) is 197 Å². The zero-order valence-electron chi connectivity index (χ0n) is 18.4. The van der Waals surface area contributed by atoms with E-state index in [2.05, 4.69) is 4.72 Å². The molecule has 0 saturated carbocycles. The Hall–Kier alpha value is -2.36. The van der Waals surface area contributed by atoms with Gasteiger partial charge in [0.2, 0.25) is 10.0 Å². The average Bonchev–Trinajstić information content (AvgIpc) is 2.78. The van der Waals surface area contributed by atoms with Gasteiger partial charge in [0.05, 0.1) is 23.6 Å². The lowest BCUT2D eigenvalue weighted by atomic mass is 9.89. The molecule has 0 spiro atoms. The predicted octanol–water partition coefficient (Wildman–Crippen LogP) is -1.81. The van der Waals surface area contributed by atoms with Crippen LogP contribution in [0.5, 0.6) is 0 Å². The minimum absolute atomic E-state index is 0.157. The number of benzene rings is 2. The highest BCUT2D eigenvalue weighted by Gasteiger charge is 2.54. The highest BCUT2D eigenvalue weighted by Crippen LogP contribution is 2.33. The molecule has 2 aromatic carbocycles. The van der Waals surface area contributed by atoms with E-state index < -0.39 is 65.3 Å². The van der Waals surface area contributed by atoms with E-state index in [1.54, 1.807) is 43.3 Å². The van der Waals surface area contributed by atoms with E-state index >= 15 is 0 Å². The average molecular weight is 501 g/mol. The monoisotopic (exact) mass is 500 g/mol. The molecule has 2 aromatic rings. The molecule has 34 heavy (non-hydrogen) atoms. The van der Waals surface area contributed by atoms with Crippen LogP contribution >= 0.6 is 0 Å². The van der Waals surface area contributed by atoms with E-state index in [4.69, 9.17) is 4.74 Å². The van der Waals surface area contributed by atoms with Crippen LogP contribution in [0.2, 0.25) is 0 Å². The first kappa shape index (κ1) is 26.2. The van der Waals surface area contributed by atoms with E-state index in [1.807, 2.05) is 0 Å². The molecule has 0 amide bonds. The third kappa shape index (κ3) is 4.87. The van der Waals surface area contributed by atoms with Crippen LogP contribution in [-0.2, 0) is 19.6 Å². The molecule has 188 valence electrons. The molecule has 7 N–H and O–H groups in total. The highest BCUT2D eigenvalue weighted by atomic mass is 32.2. The van der Waals surface area contributed by atoms with Crippen molar-refractivity contribution in [1.29, 1.82) is 0 Å². The van der Waals surface area contributed by atoms with Gasteiger partial charge in [-0.05, 0) is 12.1 Å². The Morgan fingerprint density at radius 3 is 2.41 bits per heavy atom. The Kier molecular flexibility index (Phi) is 7.50. The number of carboxylic acid groups (broad SMARTS) is 1. The van der Waals surface area contributed by atoms with Crippen molar-refractivity contribution in [2.24, 2.45) is 0 Å². The highest BCUT2D eigenvalue weighted by molar-refractivity contribution is 7.89. The third-order valence-electron chi connectivity index (χ3n) is 5.76. The van der Waals surface area contributed by atoms with Crippen molar-refractivity contribution in [3.8, 4) is 0 Å². The van der Waals surface area contributed by atoms with Gasteiger partial charge in [0.15, 0.2) is 0 Å². The molecule has 1 heterocycles. The largest absolute Gasteiger partial charge is 0.477 e. The lowest BCUT2D eigenvalue weighted by Gasteiger charge is -2.44. The molecule has 12 nitrogen and oxygen atoms in total. The Morgan fingerprint density at radius 1 is 1.21 bits per heavy atom. The Labute approximate surface area is 195 Å². The van der Waals surface area contributed by atoms with Gasteiger partial charge in [-0.3, -0.25) is 0 Å². The van der Waals surface area contributed by atoms with Gasteiger partial charge >= 0.3 is 5.97 Å². The molecule has 13 heteroatoms. The summed E-state index contributed by atoms with van der Waals surface area (Å²) < 4.78 is 34.0. The number of carboxylic acids is 1. The number of nitrogens with zero attached hydrogens (tertiary/aromatic N) is 1. The first-order chi connectivity index (χ1) is 15.8. The van der Waals surface area contributed by atoms with E-state index in [0.717, 1.165) is 5.69 Å². The number of aliphatic hydroxyl groups excluding tert-OH is 4. The van der Waals surface area contributed by atoms with Gasteiger partial charge in [-0.25, -0.2) is 17.9 Å². The van der Waals surface area contributed by atoms with Crippen molar-refractivity contribution in [1.82, 2.24) is 4.72 Å². The normalized spacial score (nSPS) is 27.3. The number of hydrogen-bond acceptors (Lipinski definition) is 10. The Balaban J connectivity index is 2.05. The second kappa shape index (κ2) is 9.71. The minimum atomic E-state index is -4.41. The summed E-state index contributed by atoms with van der Waals surface area (Å²) in [5.74, 6) is -4.84. The maximum Gasteiger partial charge on any atom is 0.364 e. The SMILES string of the molecule is CN(C)c1cccc2c(S(=O)(=O)N[C@H]3[C@H]([C@H](O)[C@H](O)CO)O[C@](O)(C(=O)O)C[C@@H]3O)cccc12. The fraction of sp³-hybridized carbons (Fsp3) is 0.476. The molecule has 1 aliphatic heterocycles. The van der Waals surface area contributed by atoms with Gasteiger partial charge in [-0.2, -0.15) is 0 Å². The zero-order chi connectivity index (χ0) is 25.4. The van der Waals surface area contributed by atoms with Crippen molar-refractivity contribution in [2.45, 2.75) is 47.6 Å². The van der Waals surface area contributed by atoms with Gasteiger partial charge in [0, 0.05) is 37.0 Å². The number of fused-ring (bicyclic) bond motifs is 1. The number of hydrogen-bond donors (Lipinski definition) is 7. The summed E-state index contributed by atoms with van der Waals surface area (Å²) in [7, 11) is -0.816. The number of aliphatic hydroxyl groups is 5. The van der Waals surface area contributed by atoms with Crippen LogP contribution in [-0.4, -0.2) is 102 Å². The second-order valence-corrected chi connectivity index (χ2v) is 10.0. The van der Waals surface area contributed by atoms with Crippen LogP contribution in [0.3, 0.4) is 0 Å². The van der Waals surface area contributed by atoms with Crippen molar-refractivity contribution < 1.29 is 48.6 Å². The van der Waals surface area contributed by atoms with Gasteiger partial charge in [-0.15, -0.1) is 0 Å². The number of rotatable bonds is 8. The van der Waals surface area contributed by atoms with Crippen LogP contribution in [0.15, 0.2) is 41.3 Å². The maximum atomic E-state index is 13.4. The smallest absolute Gasteiger partial charge is 0.364 e. The number of ether oxygens (including phenoxy) is 1. The fourth-order valence-corrected chi connectivity index (χ4v) is 5.50. The molecule has 3 rings (SSSR count). The summed E-state index contributed by atoms with van der Waals surface area (Å²) >= 11 is 0. The van der Waals surface area contributed by atoms with Crippen molar-refractivity contribution in [3.63, 3.8) is 0 Å². The molecular weight excluding hydrogens is 472 g/mol. The second-order valence-electron chi connectivity index (χ2n) is 8.35. The number of anilines is 1. The third-order valence-corrected chi connectivity index (χ3v) is 7.28. The molecule has 1 aliphatic rings. The number of carbonyl (C=O) groups is 1. The summed E-state index contributed by atoms with van der Waals surface area (Å²) in [5, 5.41) is 60.5. The molecule has 0 radical (unpaired) electrons. The quantitative estimate of drug-likeness (QED) is 0.216. The molecule has 0 unspecified atom stereocenters. The predicted molar refractivity (Wildman–Crippen MR) is 120 cm³/mol. The summed E-state index contributed by atoms with van der Waals surface area (Å²) in [6.45, 7) is -0.973. The molecule has 0 aromatic heterocycles. The molecule has 0 bridgehead atoms. The molecule has 1 saturated heterocycles. The van der Waals surface area contributed by atoms with Crippen molar-refractivity contribution >= 4 is 32.5 Å². The first-order valence-electron chi connectivity index (χ1n) is 10.3. The van der Waals surface area contributed by atoms with E-state index in [-0.39, 0.29) is 4.90 Å². The zero-order valence-corrected chi connectivity index (χ0v) is 19.3. The summed E-state index contributed by atoms with van der Waals surface area (Å²) in [6, 6.07) is 8.00. The van der Waals surface area contributed by atoms with Gasteiger partial charge in [0.25, 0.3) is 5.79 Å². The number of nitrogens with one attached hydrogen (secondary N) is 1. The first-order valence-corrected chi connectivity index (χ1v) is 11.8. The summed E-state index contributed by atoms with van der Waals surface area (Å²) in [5.41, 5.74) is 0.751. The minimum Gasteiger partial charge on any atom is -0.477 e. The summed E-state index contributed by atoms with van der Waals surface area (Å²) in [4.78, 5) is 13.1. The number of aliphatic carboxylic acids is 1. The standard InChI is InChI=1S/C21H28N2O10S/c1-23(2)13-7-3-6-12-11(13)5-4-8-16(12)34(31,32)22-17-14(25)9-21(30,20(28)29)33-19(17)18(27)15(26)10-24/h3-8,14-15,17-19,22,24-27,30H,9-10H2,1-2H3,(H,28,29)/t14-,15+,17+,18+,19+,21-/m0/s1. The van der Waals surface area contributed by atoms with Crippen molar-refractivity contribution in [2.75, 3.05) is 25.6 Å². The van der Waals surface area contributed by atoms with Gasteiger partial charge in [0.1, 0.15) is 18.3 Å². The van der Waals surface area contributed by atoms with E-state index in [9.17, 15) is 43.9 Å². The fourth-order valence-electron chi connectivity index (χ4n) is 4.00. The molecule has 1 fully saturated rings. The van der Waals surface area contributed by atoms with E-state index in [1.165, 1.54) is 12.1 Å². The Morgan fingerprint density at radius 2 is 1.82 bits per heavy atom. The van der Waals surface area contributed by atoms with Gasteiger partial charge < -0.3 is 40.3 Å². The summed E-state index contributed by atoms with van der Waals surface area (Å²) in [6.07, 6.45) is -8.60. The van der Waals surface area contributed by atoms with E-state index in [0.29, 0.717) is 10.8 Å². The lowest BCUT2D eigenvalue weighted by Crippen LogP contribution is -2.67. The lowest BCUT2D eigenvalue weighted by molar-refractivity contribution is -0.294. The van der Waals surface area contributed by atoms with Crippen molar-refractivity contribution in [3.05, 3.63) is 36.4 Å². The van der Waals surface area contributed by atoms with Crippen LogP contribution in [0.25, 0.3) is 10.8 Å². The van der Waals surface area contributed by atoms with Crippen LogP contribution in [0.1, 0.15) is 6.42 Å². The van der Waals surface area contributed by atoms with Crippen LogP contribution < -0.4 is 9.62 Å². The maximum absolute atomic E-state index is 13.4. The van der Waals surface area contributed by atoms with Crippen LogP contribution in [0, 0.1) is 0 Å². The number of sulfonamides is 1. The Bertz CT molecular complexity index is 1160. The molecular formula is C21H28N2O10S.